The minimum absolute atomic E-state index is 0.0592. The molecule has 32 heavy (non-hydrogen) atoms. The van der Waals surface area contributed by atoms with Gasteiger partial charge in [0.15, 0.2) is 5.82 Å². The van der Waals surface area contributed by atoms with E-state index in [2.05, 4.69) is 45.4 Å². The molecule has 0 radical (unpaired) electrons. The Bertz CT molecular complexity index is 1260. The minimum Gasteiger partial charge on any atom is -0.344 e. The summed E-state index contributed by atoms with van der Waals surface area (Å²) in [7, 11) is 0. The highest BCUT2D eigenvalue weighted by Crippen LogP contribution is 2.30. The average Bonchev–Trinajstić information content (AvgIpc) is 3.50. The molecule has 0 unspecified atom stereocenters. The van der Waals surface area contributed by atoms with Gasteiger partial charge in [-0.1, -0.05) is 29.8 Å². The quantitative estimate of drug-likeness (QED) is 0.523. The maximum absolute atomic E-state index is 13.4. The number of likely N-dealkylation sites (tertiary alicyclic amines) is 1. The number of carbonyl (C=O) groups excluding carboxylic acids is 2. The predicted molar refractivity (Wildman–Crippen MR) is 119 cm³/mol. The number of aromatic amines is 1. The van der Waals surface area contributed by atoms with Gasteiger partial charge in [-0.15, -0.1) is 0 Å². The number of fused-ring (bicyclic) bond motifs is 1. The monoisotopic (exact) mass is 428 g/mol. The van der Waals surface area contributed by atoms with Gasteiger partial charge in [-0.3, -0.25) is 9.59 Å². The van der Waals surface area contributed by atoms with Gasteiger partial charge >= 0.3 is 0 Å². The highest BCUT2D eigenvalue weighted by molar-refractivity contribution is 6.00. The summed E-state index contributed by atoms with van der Waals surface area (Å²) in [6.45, 7) is 3.09. The van der Waals surface area contributed by atoms with Gasteiger partial charge in [0.1, 0.15) is 0 Å². The van der Waals surface area contributed by atoms with Crippen molar-refractivity contribution in [3.8, 4) is 0 Å². The Morgan fingerprint density at radius 1 is 1.22 bits per heavy atom. The van der Waals surface area contributed by atoms with Gasteiger partial charge in [0.2, 0.25) is 0 Å². The third-order valence-electron chi connectivity index (χ3n) is 6.08. The second kappa shape index (κ2) is 8.30. The Morgan fingerprint density at radius 3 is 2.94 bits per heavy atom. The van der Waals surface area contributed by atoms with Crippen LogP contribution in [0.5, 0.6) is 0 Å². The number of hydrogen-bond donors (Lipinski definition) is 2. The Balaban J connectivity index is 1.43. The van der Waals surface area contributed by atoms with Gasteiger partial charge in [0.05, 0.1) is 29.6 Å². The van der Waals surface area contributed by atoms with Crippen molar-refractivity contribution < 1.29 is 9.59 Å². The largest absolute Gasteiger partial charge is 0.344 e. The molecule has 1 fully saturated rings. The fourth-order valence-corrected chi connectivity index (χ4v) is 4.51. The number of pyridine rings is 1. The Labute approximate surface area is 185 Å². The molecule has 2 atom stereocenters. The normalized spacial score (nSPS) is 18.6. The summed E-state index contributed by atoms with van der Waals surface area (Å²) < 4.78 is 1.84. The van der Waals surface area contributed by atoms with E-state index in [1.807, 2.05) is 33.7 Å². The Kier molecular flexibility index (Phi) is 5.18. The summed E-state index contributed by atoms with van der Waals surface area (Å²) in [5.74, 6) is 0.0324. The number of hydrogen-bond acceptors (Lipinski definition) is 4. The van der Waals surface area contributed by atoms with Crippen molar-refractivity contribution in [2.45, 2.75) is 25.3 Å². The summed E-state index contributed by atoms with van der Waals surface area (Å²) in [6.07, 6.45) is 9.17. The number of aryl methyl sites for hydroxylation is 1. The number of nitrogens with zero attached hydrogens (tertiary/aromatic N) is 4. The van der Waals surface area contributed by atoms with Gasteiger partial charge in [0, 0.05) is 37.6 Å². The molecule has 8 heteroatoms. The Hall–Kier alpha value is -3.94. The predicted octanol–water partition coefficient (Wildman–Crippen LogP) is 2.79. The Morgan fingerprint density at radius 2 is 2.12 bits per heavy atom. The molecule has 1 aliphatic heterocycles. The third-order valence-corrected chi connectivity index (χ3v) is 6.08. The molecule has 3 aromatic heterocycles. The number of benzene rings is 1. The molecule has 1 saturated heterocycles. The van der Waals surface area contributed by atoms with E-state index in [0.29, 0.717) is 18.7 Å². The second-order valence-electron chi connectivity index (χ2n) is 8.19. The lowest BCUT2D eigenvalue weighted by Crippen LogP contribution is -2.53. The van der Waals surface area contributed by atoms with Crippen LogP contribution in [-0.4, -0.2) is 55.2 Å². The number of aromatic nitrogens is 4. The smallest absolute Gasteiger partial charge is 0.287 e. The zero-order chi connectivity index (χ0) is 22.1. The molecule has 1 aliphatic rings. The maximum atomic E-state index is 13.4. The minimum atomic E-state index is -0.273. The van der Waals surface area contributed by atoms with E-state index in [1.165, 1.54) is 11.1 Å². The number of carbonyl (C=O) groups is 2. The lowest BCUT2D eigenvalue weighted by molar-refractivity contribution is 0.0655. The molecule has 2 N–H and O–H groups in total. The SMILES string of the molecule is Cc1cccc([C@@H]2CCN(C(=O)c3cccn4cncc34)C[C@H]2NC(=O)c2ncc[nH]2)c1. The molecule has 0 spiro atoms. The van der Waals surface area contributed by atoms with Crippen LogP contribution < -0.4 is 5.32 Å². The first-order valence-corrected chi connectivity index (χ1v) is 10.7. The lowest BCUT2D eigenvalue weighted by atomic mass is 9.84. The number of amides is 2. The summed E-state index contributed by atoms with van der Waals surface area (Å²) >= 11 is 0. The number of imidazole rings is 2. The summed E-state index contributed by atoms with van der Waals surface area (Å²) in [6, 6.07) is 11.8. The molecule has 2 amide bonds. The van der Waals surface area contributed by atoms with Crippen LogP contribution in [0.15, 0.2) is 67.5 Å². The van der Waals surface area contributed by atoms with Gasteiger partial charge in [-0.05, 0) is 31.0 Å². The van der Waals surface area contributed by atoms with Crippen molar-refractivity contribution in [2.24, 2.45) is 0 Å². The maximum Gasteiger partial charge on any atom is 0.287 e. The number of rotatable bonds is 4. The van der Waals surface area contributed by atoms with Crippen molar-refractivity contribution in [3.05, 3.63) is 90.0 Å². The molecular formula is C24H24N6O2. The van der Waals surface area contributed by atoms with Crippen LogP contribution in [0, 0.1) is 6.92 Å². The van der Waals surface area contributed by atoms with E-state index in [-0.39, 0.29) is 29.6 Å². The van der Waals surface area contributed by atoms with Gasteiger partial charge in [-0.25, -0.2) is 9.97 Å². The molecule has 5 rings (SSSR count). The van der Waals surface area contributed by atoms with E-state index in [0.717, 1.165) is 11.9 Å². The zero-order valence-corrected chi connectivity index (χ0v) is 17.7. The molecule has 1 aromatic carbocycles. The summed E-state index contributed by atoms with van der Waals surface area (Å²) in [4.78, 5) is 39.1. The van der Waals surface area contributed by atoms with Crippen LogP contribution in [0.1, 0.15) is 44.4 Å². The van der Waals surface area contributed by atoms with Crippen LogP contribution >= 0.6 is 0 Å². The lowest BCUT2D eigenvalue weighted by Gasteiger charge is -2.39. The topological polar surface area (TPSA) is 95.4 Å². The number of piperidine rings is 1. The molecule has 4 aromatic rings. The molecule has 4 heterocycles. The summed E-state index contributed by atoms with van der Waals surface area (Å²) in [5.41, 5.74) is 3.72. The number of nitrogens with one attached hydrogen (secondary N) is 2. The van der Waals surface area contributed by atoms with E-state index in [4.69, 9.17) is 0 Å². The second-order valence-corrected chi connectivity index (χ2v) is 8.19. The van der Waals surface area contributed by atoms with Crippen LogP contribution in [-0.2, 0) is 0 Å². The van der Waals surface area contributed by atoms with Crippen LogP contribution in [0.4, 0.5) is 0 Å². The first-order chi connectivity index (χ1) is 15.6. The first kappa shape index (κ1) is 20.0. The molecule has 0 aliphatic carbocycles. The van der Waals surface area contributed by atoms with Gasteiger partial charge in [0.25, 0.3) is 11.8 Å². The van der Waals surface area contributed by atoms with Gasteiger partial charge in [-0.2, -0.15) is 0 Å². The standard InChI is InChI=1S/C24H24N6O2/c1-16-4-2-5-17(12-16)18-7-11-29(14-20(18)28-23(31)22-26-8-9-27-22)24(32)19-6-3-10-30-15-25-13-21(19)30/h2-6,8-10,12-13,15,18,20H,7,11,14H2,1H3,(H,26,27)(H,28,31)/t18-,20+/m0/s1. The molecule has 8 nitrogen and oxygen atoms in total. The fraction of sp³-hybridized carbons (Fsp3) is 0.250. The van der Waals surface area contributed by atoms with E-state index in [1.54, 1.807) is 24.9 Å². The van der Waals surface area contributed by atoms with Crippen LogP contribution in [0.3, 0.4) is 0 Å². The van der Waals surface area contributed by atoms with E-state index in [9.17, 15) is 9.59 Å². The van der Waals surface area contributed by atoms with Crippen molar-refractivity contribution >= 4 is 17.3 Å². The highest BCUT2D eigenvalue weighted by Gasteiger charge is 2.34. The zero-order valence-electron chi connectivity index (χ0n) is 17.7. The van der Waals surface area contributed by atoms with Crippen molar-refractivity contribution in [1.82, 2.24) is 29.6 Å². The van der Waals surface area contributed by atoms with Crippen LogP contribution in [0.2, 0.25) is 0 Å². The average molecular weight is 428 g/mol. The third kappa shape index (κ3) is 3.75. The summed E-state index contributed by atoms with van der Waals surface area (Å²) in [5, 5.41) is 3.11. The fourth-order valence-electron chi connectivity index (χ4n) is 4.51. The molecule has 0 bridgehead atoms. The van der Waals surface area contributed by atoms with Crippen molar-refractivity contribution in [1.29, 1.82) is 0 Å². The first-order valence-electron chi connectivity index (χ1n) is 10.7. The van der Waals surface area contributed by atoms with Crippen molar-refractivity contribution in [2.75, 3.05) is 13.1 Å². The number of H-pyrrole nitrogens is 1. The molecule has 162 valence electrons. The van der Waals surface area contributed by atoms with E-state index >= 15 is 0 Å². The van der Waals surface area contributed by atoms with Gasteiger partial charge < -0.3 is 19.6 Å². The van der Waals surface area contributed by atoms with E-state index < -0.39 is 0 Å². The molecule has 0 saturated carbocycles. The van der Waals surface area contributed by atoms with Crippen LogP contribution in [0.25, 0.3) is 5.52 Å². The van der Waals surface area contributed by atoms with Crippen molar-refractivity contribution in [3.63, 3.8) is 0 Å². The molecular weight excluding hydrogens is 404 g/mol. The highest BCUT2D eigenvalue weighted by atomic mass is 16.2.